The molecule has 1 aliphatic heterocycles. The second-order valence-corrected chi connectivity index (χ2v) is 7.00. The van der Waals surface area contributed by atoms with E-state index in [0.717, 1.165) is 48.3 Å². The summed E-state index contributed by atoms with van der Waals surface area (Å²) in [4.78, 5) is 12.9. The second kappa shape index (κ2) is 8.23. The van der Waals surface area contributed by atoms with Gasteiger partial charge in [0.15, 0.2) is 12.4 Å². The number of hydrogen-bond acceptors (Lipinski definition) is 6. The predicted octanol–water partition coefficient (Wildman–Crippen LogP) is 2.12. The van der Waals surface area contributed by atoms with Gasteiger partial charge in [-0.15, -0.1) is 11.3 Å². The van der Waals surface area contributed by atoms with Gasteiger partial charge in [-0.1, -0.05) is 29.4 Å². The van der Waals surface area contributed by atoms with Gasteiger partial charge in [0.05, 0.1) is 23.1 Å². The van der Waals surface area contributed by atoms with Crippen LogP contribution in [0.4, 0.5) is 0 Å². The highest BCUT2D eigenvalue weighted by Crippen LogP contribution is 2.13. The van der Waals surface area contributed by atoms with Gasteiger partial charge >= 0.3 is 0 Å². The molecular formula is C17H22N4O2S. The van der Waals surface area contributed by atoms with Gasteiger partial charge < -0.3 is 15.3 Å². The Labute approximate surface area is 145 Å². The molecule has 128 valence electrons. The van der Waals surface area contributed by atoms with Crippen molar-refractivity contribution in [1.29, 1.82) is 0 Å². The molecule has 1 aromatic heterocycles. The highest BCUT2D eigenvalue weighted by atomic mass is 32.1. The van der Waals surface area contributed by atoms with Crippen molar-refractivity contribution in [2.75, 3.05) is 26.3 Å². The number of hydrogen-bond donors (Lipinski definition) is 1. The molecule has 2 heterocycles. The summed E-state index contributed by atoms with van der Waals surface area (Å²) < 4.78 is 5.37. The molecule has 1 fully saturated rings. The fourth-order valence-corrected chi connectivity index (χ4v) is 3.19. The largest absolute Gasteiger partial charge is 0.388 e. The van der Waals surface area contributed by atoms with Crippen LogP contribution in [0.3, 0.4) is 0 Å². The molecule has 0 bridgehead atoms. The summed E-state index contributed by atoms with van der Waals surface area (Å²) in [7, 11) is 0. The molecule has 3 rings (SSSR count). The minimum absolute atomic E-state index is 0.383. The summed E-state index contributed by atoms with van der Waals surface area (Å²) in [6.45, 7) is 6.88. The summed E-state index contributed by atoms with van der Waals surface area (Å²) >= 11 is 1.59. The lowest BCUT2D eigenvalue weighted by molar-refractivity contribution is 0.0342. The van der Waals surface area contributed by atoms with Gasteiger partial charge in [0.2, 0.25) is 0 Å². The highest BCUT2D eigenvalue weighted by Gasteiger charge is 2.10. The van der Waals surface area contributed by atoms with Crippen molar-refractivity contribution in [2.24, 2.45) is 10.9 Å². The minimum atomic E-state index is 0.383. The number of aryl methyl sites for hydroxylation is 1. The SMILES string of the molecule is Cc1ncc(CON=C(N)c2ccc(CN3CCOCC3)cc2)s1. The Hall–Kier alpha value is -1.96. The van der Waals surface area contributed by atoms with Crippen molar-refractivity contribution in [3.63, 3.8) is 0 Å². The van der Waals surface area contributed by atoms with Crippen LogP contribution in [0.2, 0.25) is 0 Å². The normalized spacial score (nSPS) is 16.3. The maximum Gasteiger partial charge on any atom is 0.170 e. The number of rotatable bonds is 6. The number of oxime groups is 1. The van der Waals surface area contributed by atoms with Crippen LogP contribution < -0.4 is 5.73 Å². The molecule has 0 aliphatic carbocycles. The Balaban J connectivity index is 1.52. The molecule has 1 aromatic carbocycles. The van der Waals surface area contributed by atoms with Crippen molar-refractivity contribution in [2.45, 2.75) is 20.1 Å². The van der Waals surface area contributed by atoms with Gasteiger partial charge in [-0.2, -0.15) is 0 Å². The fraction of sp³-hybridized carbons (Fsp3) is 0.412. The number of nitrogens with two attached hydrogens (primary N) is 1. The molecule has 2 aromatic rings. The molecule has 0 unspecified atom stereocenters. The van der Waals surface area contributed by atoms with E-state index in [2.05, 4.69) is 27.2 Å². The van der Waals surface area contributed by atoms with Gasteiger partial charge in [-0.3, -0.25) is 4.90 Å². The van der Waals surface area contributed by atoms with Gasteiger partial charge in [0.1, 0.15) is 0 Å². The zero-order valence-corrected chi connectivity index (χ0v) is 14.6. The number of morpholine rings is 1. The third-order valence-corrected chi connectivity index (χ3v) is 4.68. The van der Waals surface area contributed by atoms with Gasteiger partial charge in [-0.25, -0.2) is 4.98 Å². The van der Waals surface area contributed by atoms with Gasteiger partial charge in [-0.05, 0) is 12.5 Å². The zero-order chi connectivity index (χ0) is 16.8. The Morgan fingerprint density at radius 3 is 2.75 bits per heavy atom. The van der Waals surface area contributed by atoms with Crippen LogP contribution in [0.25, 0.3) is 0 Å². The lowest BCUT2D eigenvalue weighted by Crippen LogP contribution is -2.35. The fourth-order valence-electron chi connectivity index (χ4n) is 2.49. The quantitative estimate of drug-likeness (QED) is 0.493. The maximum atomic E-state index is 5.98. The molecule has 6 nitrogen and oxygen atoms in total. The van der Waals surface area contributed by atoms with Gasteiger partial charge in [0, 0.05) is 31.4 Å². The van der Waals surface area contributed by atoms with Crippen molar-refractivity contribution in [3.05, 3.63) is 51.5 Å². The van der Waals surface area contributed by atoms with E-state index in [0.29, 0.717) is 12.4 Å². The van der Waals surface area contributed by atoms with Crippen LogP contribution in [0.1, 0.15) is 21.0 Å². The standard InChI is InChI=1S/C17H22N4O2S/c1-13-19-10-16(24-13)12-23-20-17(18)15-4-2-14(3-5-15)11-21-6-8-22-9-7-21/h2-5,10H,6-9,11-12H2,1H3,(H2,18,20). The maximum absolute atomic E-state index is 5.98. The average Bonchev–Trinajstić information content (AvgIpc) is 3.02. The summed E-state index contributed by atoms with van der Waals surface area (Å²) in [6, 6.07) is 8.13. The van der Waals surface area contributed by atoms with E-state index in [4.69, 9.17) is 15.3 Å². The summed E-state index contributed by atoms with van der Waals surface area (Å²) in [5.41, 5.74) is 8.11. The number of amidine groups is 1. The third-order valence-electron chi connectivity index (χ3n) is 3.80. The topological polar surface area (TPSA) is 73.0 Å². The number of nitrogens with zero attached hydrogens (tertiary/aromatic N) is 3. The highest BCUT2D eigenvalue weighted by molar-refractivity contribution is 7.11. The smallest absolute Gasteiger partial charge is 0.170 e. The Bertz CT molecular complexity index is 678. The zero-order valence-electron chi connectivity index (χ0n) is 13.8. The van der Waals surface area contributed by atoms with Crippen LogP contribution in [-0.4, -0.2) is 42.0 Å². The van der Waals surface area contributed by atoms with E-state index in [-0.39, 0.29) is 0 Å². The van der Waals surface area contributed by atoms with Crippen LogP contribution in [-0.2, 0) is 22.7 Å². The first-order valence-electron chi connectivity index (χ1n) is 7.97. The number of benzene rings is 1. The Kier molecular flexibility index (Phi) is 5.79. The summed E-state index contributed by atoms with van der Waals surface area (Å²) in [5, 5.41) is 5.01. The van der Waals surface area contributed by atoms with Crippen LogP contribution in [0.15, 0.2) is 35.6 Å². The van der Waals surface area contributed by atoms with Crippen LogP contribution in [0.5, 0.6) is 0 Å². The lowest BCUT2D eigenvalue weighted by atomic mass is 10.1. The molecule has 0 saturated carbocycles. The summed E-state index contributed by atoms with van der Waals surface area (Å²) in [5.74, 6) is 0.383. The molecule has 0 atom stereocenters. The Morgan fingerprint density at radius 2 is 2.08 bits per heavy atom. The lowest BCUT2D eigenvalue weighted by Gasteiger charge is -2.26. The molecule has 1 aliphatic rings. The first-order chi connectivity index (χ1) is 11.7. The molecule has 24 heavy (non-hydrogen) atoms. The molecule has 0 amide bonds. The minimum Gasteiger partial charge on any atom is -0.388 e. The summed E-state index contributed by atoms with van der Waals surface area (Å²) in [6.07, 6.45) is 1.80. The average molecular weight is 346 g/mol. The van der Waals surface area contributed by atoms with E-state index in [1.807, 2.05) is 19.1 Å². The van der Waals surface area contributed by atoms with E-state index in [1.165, 1.54) is 5.56 Å². The van der Waals surface area contributed by atoms with Crippen molar-refractivity contribution in [1.82, 2.24) is 9.88 Å². The number of ether oxygens (including phenoxy) is 1. The molecule has 0 spiro atoms. The van der Waals surface area contributed by atoms with E-state index in [9.17, 15) is 0 Å². The van der Waals surface area contributed by atoms with Crippen LogP contribution >= 0.6 is 11.3 Å². The molecule has 1 saturated heterocycles. The van der Waals surface area contributed by atoms with E-state index in [1.54, 1.807) is 17.5 Å². The van der Waals surface area contributed by atoms with Crippen LogP contribution in [0, 0.1) is 6.92 Å². The van der Waals surface area contributed by atoms with E-state index >= 15 is 0 Å². The monoisotopic (exact) mass is 346 g/mol. The number of aromatic nitrogens is 1. The van der Waals surface area contributed by atoms with Crippen molar-refractivity contribution in [3.8, 4) is 0 Å². The first kappa shape index (κ1) is 16.9. The molecule has 0 radical (unpaired) electrons. The predicted molar refractivity (Wildman–Crippen MR) is 94.9 cm³/mol. The molecule has 2 N–H and O–H groups in total. The second-order valence-electron chi connectivity index (χ2n) is 5.68. The van der Waals surface area contributed by atoms with Crippen molar-refractivity contribution >= 4 is 17.2 Å². The molecular weight excluding hydrogens is 324 g/mol. The Morgan fingerprint density at radius 1 is 1.33 bits per heavy atom. The third kappa shape index (κ3) is 4.77. The van der Waals surface area contributed by atoms with E-state index < -0.39 is 0 Å². The number of thiazole rings is 1. The van der Waals surface area contributed by atoms with Crippen molar-refractivity contribution < 1.29 is 9.57 Å². The molecule has 7 heteroatoms. The van der Waals surface area contributed by atoms with Gasteiger partial charge in [0.25, 0.3) is 0 Å². The first-order valence-corrected chi connectivity index (χ1v) is 8.78.